The fourth-order valence-electron chi connectivity index (χ4n) is 2.77. The molecule has 0 bridgehead atoms. The van der Waals surface area contributed by atoms with Crippen LogP contribution in [0.5, 0.6) is 0 Å². The van der Waals surface area contributed by atoms with Gasteiger partial charge in [0.15, 0.2) is 21.5 Å². The van der Waals surface area contributed by atoms with Crippen LogP contribution in [0.15, 0.2) is 35.4 Å². The van der Waals surface area contributed by atoms with Crippen LogP contribution in [0.3, 0.4) is 0 Å². The van der Waals surface area contributed by atoms with Crippen LogP contribution in [-0.4, -0.2) is 37.9 Å². The van der Waals surface area contributed by atoms with E-state index in [1.807, 2.05) is 6.92 Å². The van der Waals surface area contributed by atoms with Gasteiger partial charge in [-0.1, -0.05) is 6.92 Å². The summed E-state index contributed by atoms with van der Waals surface area (Å²) in [6.07, 6.45) is 1.36. The van der Waals surface area contributed by atoms with Gasteiger partial charge < -0.3 is 14.6 Å². The summed E-state index contributed by atoms with van der Waals surface area (Å²) in [6.45, 7) is 2.58. The highest BCUT2D eigenvalue weighted by Gasteiger charge is 2.39. The molecule has 6 nitrogen and oxygen atoms in total. The minimum absolute atomic E-state index is 0.0311. The normalized spacial score (nSPS) is 16.2. The van der Waals surface area contributed by atoms with Crippen LogP contribution in [-0.2, 0) is 21.6 Å². The van der Waals surface area contributed by atoms with Gasteiger partial charge in [0.05, 0.1) is 23.9 Å². The SMILES string of the molecule is Cn1cc(S(=O)(=O)CC2(C)COC2)cc1C(=O)Nc1ccc(F)c(F)c1. The van der Waals surface area contributed by atoms with E-state index in [0.29, 0.717) is 13.2 Å². The Labute approximate surface area is 149 Å². The van der Waals surface area contributed by atoms with Crippen molar-refractivity contribution in [1.29, 1.82) is 0 Å². The standard InChI is InChI=1S/C17H18F2N2O4S/c1-17(8-25-9-17)10-26(23,24)12-6-15(21(2)7-12)16(22)20-11-3-4-13(18)14(19)5-11/h3-7H,8-10H2,1-2H3,(H,20,22). The number of nitrogens with zero attached hydrogens (tertiary/aromatic N) is 1. The molecule has 26 heavy (non-hydrogen) atoms. The molecule has 1 fully saturated rings. The van der Waals surface area contributed by atoms with Gasteiger partial charge in [-0.3, -0.25) is 4.79 Å². The molecule has 0 radical (unpaired) electrons. The van der Waals surface area contributed by atoms with Crippen LogP contribution in [0.1, 0.15) is 17.4 Å². The van der Waals surface area contributed by atoms with Gasteiger partial charge >= 0.3 is 0 Å². The number of ether oxygens (including phenoxy) is 1. The van der Waals surface area contributed by atoms with Crippen LogP contribution >= 0.6 is 0 Å². The third-order valence-corrected chi connectivity index (χ3v) is 6.21. The van der Waals surface area contributed by atoms with Crippen molar-refractivity contribution in [2.24, 2.45) is 12.5 Å². The largest absolute Gasteiger partial charge is 0.380 e. The van der Waals surface area contributed by atoms with E-state index >= 15 is 0 Å². The molecule has 9 heteroatoms. The zero-order valence-electron chi connectivity index (χ0n) is 14.3. The van der Waals surface area contributed by atoms with Gasteiger partial charge in [0.1, 0.15) is 5.69 Å². The molecule has 0 aliphatic carbocycles. The van der Waals surface area contributed by atoms with Gasteiger partial charge in [0, 0.05) is 30.4 Å². The summed E-state index contributed by atoms with van der Waals surface area (Å²) in [7, 11) is -2.05. The van der Waals surface area contributed by atoms with Crippen molar-refractivity contribution >= 4 is 21.4 Å². The van der Waals surface area contributed by atoms with Gasteiger partial charge in [-0.2, -0.15) is 0 Å². The van der Waals surface area contributed by atoms with Crippen molar-refractivity contribution in [2.75, 3.05) is 24.3 Å². The van der Waals surface area contributed by atoms with Crippen LogP contribution in [0.2, 0.25) is 0 Å². The zero-order chi connectivity index (χ0) is 19.1. The predicted molar refractivity (Wildman–Crippen MR) is 90.7 cm³/mol. The number of benzene rings is 1. The van der Waals surface area contributed by atoms with Crippen molar-refractivity contribution in [2.45, 2.75) is 11.8 Å². The quantitative estimate of drug-likeness (QED) is 0.859. The van der Waals surface area contributed by atoms with E-state index in [9.17, 15) is 22.0 Å². The number of sulfone groups is 1. The first-order valence-corrected chi connectivity index (χ1v) is 9.48. The maximum Gasteiger partial charge on any atom is 0.272 e. The average Bonchev–Trinajstić information content (AvgIpc) is 2.92. The number of hydrogen-bond donors (Lipinski definition) is 1. The number of hydrogen-bond acceptors (Lipinski definition) is 4. The number of carbonyl (C=O) groups excluding carboxylic acids is 1. The lowest BCUT2D eigenvalue weighted by molar-refractivity contribution is -0.0870. The molecule has 2 heterocycles. The average molecular weight is 384 g/mol. The maximum atomic E-state index is 13.2. The zero-order valence-corrected chi connectivity index (χ0v) is 15.1. The Morgan fingerprint density at radius 3 is 2.54 bits per heavy atom. The Morgan fingerprint density at radius 2 is 1.96 bits per heavy atom. The summed E-state index contributed by atoms with van der Waals surface area (Å²) in [5.41, 5.74) is -0.273. The molecule has 0 saturated carbocycles. The number of rotatable bonds is 5. The summed E-state index contributed by atoms with van der Waals surface area (Å²) in [5, 5.41) is 2.42. The summed E-state index contributed by atoms with van der Waals surface area (Å²) >= 11 is 0. The Kier molecular flexibility index (Phi) is 4.61. The van der Waals surface area contributed by atoms with Crippen LogP contribution in [0.4, 0.5) is 14.5 Å². The summed E-state index contributed by atoms with van der Waals surface area (Å²) in [4.78, 5) is 12.4. The van der Waals surface area contributed by atoms with Crippen molar-refractivity contribution in [3.63, 3.8) is 0 Å². The second kappa shape index (κ2) is 6.48. The lowest BCUT2D eigenvalue weighted by Crippen LogP contribution is -2.45. The Bertz CT molecular complexity index is 965. The number of aromatic nitrogens is 1. The molecule has 1 N–H and O–H groups in total. The number of nitrogens with one attached hydrogen (secondary N) is 1. The lowest BCUT2D eigenvalue weighted by Gasteiger charge is -2.37. The second-order valence-electron chi connectivity index (χ2n) is 6.82. The predicted octanol–water partition coefficient (Wildman–Crippen LogP) is 2.37. The van der Waals surface area contributed by atoms with Gasteiger partial charge in [0.2, 0.25) is 0 Å². The minimum atomic E-state index is -3.59. The molecule has 1 aromatic heterocycles. The van der Waals surface area contributed by atoms with Crippen molar-refractivity contribution in [1.82, 2.24) is 4.57 Å². The Balaban J connectivity index is 1.80. The first-order valence-electron chi connectivity index (χ1n) is 7.83. The summed E-state index contributed by atoms with van der Waals surface area (Å²) in [5.74, 6) is -2.82. The molecular formula is C17H18F2N2O4S. The van der Waals surface area contributed by atoms with Crippen molar-refractivity contribution in [3.8, 4) is 0 Å². The Morgan fingerprint density at radius 1 is 1.27 bits per heavy atom. The third kappa shape index (κ3) is 3.63. The van der Waals surface area contributed by atoms with Crippen LogP contribution in [0, 0.1) is 17.0 Å². The summed E-state index contributed by atoms with van der Waals surface area (Å²) in [6, 6.07) is 4.24. The molecule has 0 unspecified atom stereocenters. The highest BCUT2D eigenvalue weighted by Crippen LogP contribution is 2.31. The molecule has 1 amide bonds. The first kappa shape index (κ1) is 18.5. The number of halogens is 2. The fourth-order valence-corrected chi connectivity index (χ4v) is 4.64. The van der Waals surface area contributed by atoms with Gasteiger partial charge in [0.25, 0.3) is 5.91 Å². The topological polar surface area (TPSA) is 77.4 Å². The highest BCUT2D eigenvalue weighted by atomic mass is 32.2. The highest BCUT2D eigenvalue weighted by molar-refractivity contribution is 7.91. The van der Waals surface area contributed by atoms with Crippen molar-refractivity contribution < 1.29 is 26.7 Å². The van der Waals surface area contributed by atoms with E-state index in [1.165, 1.54) is 29.9 Å². The minimum Gasteiger partial charge on any atom is -0.380 e. The summed E-state index contributed by atoms with van der Waals surface area (Å²) < 4.78 is 57.8. The smallest absolute Gasteiger partial charge is 0.272 e. The lowest BCUT2D eigenvalue weighted by atomic mass is 9.92. The van der Waals surface area contributed by atoms with Crippen molar-refractivity contribution in [3.05, 3.63) is 47.8 Å². The second-order valence-corrected chi connectivity index (χ2v) is 8.81. The van der Waals surface area contributed by atoms with Gasteiger partial charge in [-0.25, -0.2) is 17.2 Å². The van der Waals surface area contributed by atoms with Gasteiger partial charge in [-0.05, 0) is 18.2 Å². The third-order valence-electron chi connectivity index (χ3n) is 4.19. The van der Waals surface area contributed by atoms with E-state index in [0.717, 1.165) is 12.1 Å². The maximum absolute atomic E-state index is 13.2. The van der Waals surface area contributed by atoms with E-state index in [-0.39, 0.29) is 22.0 Å². The monoisotopic (exact) mass is 384 g/mol. The Hall–Kier alpha value is -2.26. The molecule has 1 aliphatic rings. The van der Waals surface area contributed by atoms with E-state index in [4.69, 9.17) is 4.74 Å². The first-order chi connectivity index (χ1) is 12.1. The number of carbonyl (C=O) groups is 1. The molecule has 1 saturated heterocycles. The van der Waals surface area contributed by atoms with E-state index < -0.39 is 32.8 Å². The van der Waals surface area contributed by atoms with E-state index in [1.54, 1.807) is 0 Å². The molecule has 3 rings (SSSR count). The number of aryl methyl sites for hydroxylation is 1. The molecular weight excluding hydrogens is 366 g/mol. The molecule has 1 aliphatic heterocycles. The molecule has 0 atom stereocenters. The number of amides is 1. The van der Waals surface area contributed by atoms with Crippen LogP contribution in [0.25, 0.3) is 0 Å². The fraction of sp³-hybridized carbons (Fsp3) is 0.353. The molecule has 140 valence electrons. The molecule has 1 aromatic carbocycles. The van der Waals surface area contributed by atoms with E-state index in [2.05, 4.69) is 5.32 Å². The van der Waals surface area contributed by atoms with Crippen LogP contribution < -0.4 is 5.32 Å². The number of anilines is 1. The molecule has 2 aromatic rings. The van der Waals surface area contributed by atoms with Gasteiger partial charge in [-0.15, -0.1) is 0 Å². The molecule has 0 spiro atoms.